The second-order valence-corrected chi connectivity index (χ2v) is 10.5. The van der Waals surface area contributed by atoms with Crippen LogP contribution in [0.1, 0.15) is 49.8 Å². The van der Waals surface area contributed by atoms with Crippen LogP contribution in [0.2, 0.25) is 0 Å². The van der Waals surface area contributed by atoms with Crippen LogP contribution in [-0.2, 0) is 20.7 Å². The van der Waals surface area contributed by atoms with Gasteiger partial charge < -0.3 is 14.5 Å². The molecular weight excluding hydrogens is 482 g/mol. The molecule has 3 aliphatic rings. The maximum atomic E-state index is 13.4. The minimum Gasteiger partial charge on any atom is -0.466 e. The average Bonchev–Trinajstić information content (AvgIpc) is 3.35. The van der Waals surface area contributed by atoms with Crippen LogP contribution < -0.4 is 0 Å². The number of aliphatic imine (C=N–C) groups is 1. The summed E-state index contributed by atoms with van der Waals surface area (Å²) in [7, 11) is 1.41. The van der Waals surface area contributed by atoms with Gasteiger partial charge in [0.05, 0.1) is 30.8 Å². The molecule has 2 aromatic carbocycles. The molecule has 0 saturated carbocycles. The molecule has 1 amide bonds. The number of allylic oxidation sites excluding steroid dienone is 1. The normalized spacial score (nSPS) is 19.9. The molecule has 37 heavy (non-hydrogen) atoms. The maximum absolute atomic E-state index is 13.4. The van der Waals surface area contributed by atoms with Gasteiger partial charge in [0.2, 0.25) is 5.91 Å². The Morgan fingerprint density at radius 3 is 2.35 bits per heavy atom. The maximum Gasteiger partial charge on any atom is 0.338 e. The van der Waals surface area contributed by atoms with Crippen molar-refractivity contribution in [3.63, 3.8) is 0 Å². The Kier molecular flexibility index (Phi) is 7.79. The van der Waals surface area contributed by atoms with Gasteiger partial charge in [-0.05, 0) is 48.1 Å². The molecule has 3 heterocycles. The number of likely N-dealkylation sites (tertiary alicyclic amines) is 1. The Bertz CT molecular complexity index is 1230. The zero-order valence-corrected chi connectivity index (χ0v) is 22.2. The quantitative estimate of drug-likeness (QED) is 0.443. The fourth-order valence-electron chi connectivity index (χ4n) is 5.46. The van der Waals surface area contributed by atoms with Crippen molar-refractivity contribution in [3.05, 3.63) is 94.2 Å². The number of ether oxygens (including phenoxy) is 1. The number of methoxy groups -OCH3 is 1. The van der Waals surface area contributed by atoms with Gasteiger partial charge in [-0.1, -0.05) is 79.3 Å². The molecule has 6 nitrogen and oxygen atoms in total. The van der Waals surface area contributed by atoms with E-state index in [0.29, 0.717) is 17.9 Å². The standard InChI is InChI=1S/C30H33N3O3S/c1-3-25-27(29(35)36-2)28(23-12-8-5-9-13-23)33-24(20-37-30(33)31-25)19-26(34)32-16-14-22(15-17-32)18-21-10-6-4-7-11-21/h4-13,20,22,28H,3,14-19H2,1-2H3/t28-/m1/s1. The van der Waals surface area contributed by atoms with Crippen molar-refractivity contribution in [1.82, 2.24) is 9.80 Å². The predicted molar refractivity (Wildman–Crippen MR) is 148 cm³/mol. The van der Waals surface area contributed by atoms with Crippen LogP contribution in [0.4, 0.5) is 0 Å². The van der Waals surface area contributed by atoms with Gasteiger partial charge in [-0.3, -0.25) is 4.79 Å². The highest BCUT2D eigenvalue weighted by atomic mass is 32.2. The molecule has 0 unspecified atom stereocenters. The minimum atomic E-state index is -0.378. The Morgan fingerprint density at radius 1 is 1.03 bits per heavy atom. The first-order valence-corrected chi connectivity index (χ1v) is 13.9. The van der Waals surface area contributed by atoms with Gasteiger partial charge >= 0.3 is 5.97 Å². The summed E-state index contributed by atoms with van der Waals surface area (Å²) in [5.74, 6) is 0.357. The number of hydrogen-bond acceptors (Lipinski definition) is 6. The molecule has 1 saturated heterocycles. The number of amidine groups is 1. The van der Waals surface area contributed by atoms with E-state index in [1.807, 2.05) is 47.6 Å². The highest BCUT2D eigenvalue weighted by molar-refractivity contribution is 8.16. The van der Waals surface area contributed by atoms with E-state index in [0.717, 1.165) is 54.5 Å². The Balaban J connectivity index is 1.31. The number of hydrogen-bond donors (Lipinski definition) is 0. The number of carbonyl (C=O) groups excluding carboxylic acids is 2. The molecule has 2 aromatic rings. The van der Waals surface area contributed by atoms with Crippen LogP contribution in [0.5, 0.6) is 0 Å². The third-order valence-electron chi connectivity index (χ3n) is 7.41. The van der Waals surface area contributed by atoms with E-state index < -0.39 is 0 Å². The molecule has 3 aliphatic heterocycles. The number of esters is 1. The molecule has 1 fully saturated rings. The van der Waals surface area contributed by atoms with E-state index in [1.54, 1.807) is 0 Å². The predicted octanol–water partition coefficient (Wildman–Crippen LogP) is 5.70. The zero-order valence-electron chi connectivity index (χ0n) is 21.4. The number of carbonyl (C=O) groups is 2. The molecule has 0 aliphatic carbocycles. The van der Waals surface area contributed by atoms with Crippen molar-refractivity contribution in [2.75, 3.05) is 20.2 Å². The first kappa shape index (κ1) is 25.3. The van der Waals surface area contributed by atoms with E-state index in [2.05, 4.69) is 35.2 Å². The summed E-state index contributed by atoms with van der Waals surface area (Å²) in [4.78, 5) is 35.3. The summed E-state index contributed by atoms with van der Waals surface area (Å²) in [5, 5.41) is 2.82. The Morgan fingerprint density at radius 2 is 1.70 bits per heavy atom. The van der Waals surface area contributed by atoms with Crippen LogP contribution >= 0.6 is 11.8 Å². The van der Waals surface area contributed by atoms with Gasteiger partial charge in [-0.15, -0.1) is 0 Å². The van der Waals surface area contributed by atoms with Crippen LogP contribution in [0.15, 0.2) is 88.0 Å². The fourth-order valence-corrected chi connectivity index (χ4v) is 6.40. The molecule has 5 rings (SSSR count). The molecular formula is C30H33N3O3S. The molecule has 0 aromatic heterocycles. The summed E-state index contributed by atoms with van der Waals surface area (Å²) >= 11 is 1.52. The van der Waals surface area contributed by atoms with Gasteiger partial charge in [-0.2, -0.15) is 0 Å². The van der Waals surface area contributed by atoms with Gasteiger partial charge in [0.15, 0.2) is 5.17 Å². The highest BCUT2D eigenvalue weighted by Gasteiger charge is 2.41. The molecule has 7 heteroatoms. The van der Waals surface area contributed by atoms with E-state index in [-0.39, 0.29) is 24.3 Å². The van der Waals surface area contributed by atoms with Crippen molar-refractivity contribution in [2.24, 2.45) is 10.9 Å². The van der Waals surface area contributed by atoms with Crippen molar-refractivity contribution in [2.45, 2.75) is 45.1 Å². The fraction of sp³-hybridized carbons (Fsp3) is 0.367. The summed E-state index contributed by atoms with van der Waals surface area (Å²) in [6.07, 6.45) is 4.02. The van der Waals surface area contributed by atoms with Crippen molar-refractivity contribution < 1.29 is 14.3 Å². The van der Waals surface area contributed by atoms with E-state index in [9.17, 15) is 9.59 Å². The number of nitrogens with zero attached hydrogens (tertiary/aromatic N) is 3. The van der Waals surface area contributed by atoms with Crippen LogP contribution in [0, 0.1) is 5.92 Å². The number of amides is 1. The minimum absolute atomic E-state index is 0.128. The molecule has 1 atom stereocenters. The average molecular weight is 516 g/mol. The van der Waals surface area contributed by atoms with Crippen LogP contribution in [-0.4, -0.2) is 47.0 Å². The van der Waals surface area contributed by atoms with Crippen molar-refractivity contribution in [1.29, 1.82) is 0 Å². The third kappa shape index (κ3) is 5.37. The number of benzene rings is 2. The molecule has 0 N–H and O–H groups in total. The number of piperidine rings is 1. The largest absolute Gasteiger partial charge is 0.466 e. The monoisotopic (exact) mass is 515 g/mol. The van der Waals surface area contributed by atoms with Gasteiger partial charge in [0.1, 0.15) is 0 Å². The van der Waals surface area contributed by atoms with Gasteiger partial charge in [-0.25, -0.2) is 9.79 Å². The summed E-state index contributed by atoms with van der Waals surface area (Å²) in [6, 6.07) is 20.2. The van der Waals surface area contributed by atoms with Crippen molar-refractivity contribution in [3.8, 4) is 0 Å². The third-order valence-corrected chi connectivity index (χ3v) is 8.30. The molecule has 0 bridgehead atoms. The van der Waals surface area contributed by atoms with Crippen molar-refractivity contribution >= 4 is 28.8 Å². The highest BCUT2D eigenvalue weighted by Crippen LogP contribution is 2.45. The topological polar surface area (TPSA) is 62.2 Å². The molecule has 192 valence electrons. The van der Waals surface area contributed by atoms with E-state index in [1.165, 1.54) is 24.4 Å². The Hall–Kier alpha value is -3.32. The summed E-state index contributed by atoms with van der Waals surface area (Å²) in [6.45, 7) is 3.57. The van der Waals surface area contributed by atoms with Gasteiger partial charge in [0, 0.05) is 18.8 Å². The zero-order chi connectivity index (χ0) is 25.8. The summed E-state index contributed by atoms with van der Waals surface area (Å²) < 4.78 is 5.19. The van der Waals surface area contributed by atoms with E-state index >= 15 is 0 Å². The lowest BCUT2D eigenvalue weighted by Crippen LogP contribution is -2.41. The molecule has 0 spiro atoms. The lowest BCUT2D eigenvalue weighted by Gasteiger charge is -2.37. The van der Waals surface area contributed by atoms with E-state index in [4.69, 9.17) is 9.73 Å². The Labute approximate surface area is 223 Å². The second-order valence-electron chi connectivity index (χ2n) is 9.70. The number of thioether (sulfide) groups is 1. The van der Waals surface area contributed by atoms with Gasteiger partial charge in [0.25, 0.3) is 0 Å². The lowest BCUT2D eigenvalue weighted by atomic mass is 9.90. The SMILES string of the molecule is CCC1=C(C(=O)OC)[C@@H](c2ccccc2)N2C(CC(=O)N3CCC(Cc4ccccc4)CC3)=CSC2=N1. The number of fused-ring (bicyclic) bond motifs is 1. The molecule has 0 radical (unpaired) electrons. The lowest BCUT2D eigenvalue weighted by molar-refractivity contribution is -0.136. The first-order valence-electron chi connectivity index (χ1n) is 13.0. The second kappa shape index (κ2) is 11.4. The number of rotatable bonds is 7. The van der Waals surface area contributed by atoms with Crippen LogP contribution in [0.3, 0.4) is 0 Å². The van der Waals surface area contributed by atoms with Crippen LogP contribution in [0.25, 0.3) is 0 Å². The first-order chi connectivity index (χ1) is 18.1. The summed E-state index contributed by atoms with van der Waals surface area (Å²) in [5.41, 5.74) is 4.50. The smallest absolute Gasteiger partial charge is 0.338 e.